The lowest BCUT2D eigenvalue weighted by atomic mass is 9.98. The van der Waals surface area contributed by atoms with Crippen molar-refractivity contribution >= 4 is 21.8 Å². The van der Waals surface area contributed by atoms with Gasteiger partial charge in [0.25, 0.3) is 5.91 Å². The van der Waals surface area contributed by atoms with Gasteiger partial charge in [-0.1, -0.05) is 22.0 Å². The topological polar surface area (TPSA) is 52.6 Å². The lowest BCUT2D eigenvalue weighted by Gasteiger charge is -2.47. The Balaban J connectivity index is 1.18. The van der Waals surface area contributed by atoms with Gasteiger partial charge in [0.05, 0.1) is 17.0 Å². The van der Waals surface area contributed by atoms with Gasteiger partial charge < -0.3 is 4.90 Å². The molecule has 1 aromatic carbocycles. The van der Waals surface area contributed by atoms with Crippen molar-refractivity contribution in [1.29, 1.82) is 0 Å². The predicted molar refractivity (Wildman–Crippen MR) is 133 cm³/mol. The first-order valence-electron chi connectivity index (χ1n) is 12.3. The van der Waals surface area contributed by atoms with Crippen LogP contribution in [0.3, 0.4) is 0 Å². The van der Waals surface area contributed by atoms with Gasteiger partial charge in [-0.05, 0) is 69.7 Å². The van der Waals surface area contributed by atoms with E-state index in [9.17, 15) is 4.79 Å². The van der Waals surface area contributed by atoms with Gasteiger partial charge in [-0.3, -0.25) is 14.6 Å². The molecule has 3 aliphatic rings. The third-order valence-electron chi connectivity index (χ3n) is 7.97. The smallest absolute Gasteiger partial charge is 0.257 e. The maximum atomic E-state index is 13.1. The average molecular weight is 512 g/mol. The molecule has 5 rings (SSSR count). The highest BCUT2D eigenvalue weighted by atomic mass is 79.9. The van der Waals surface area contributed by atoms with Crippen LogP contribution in [0.4, 0.5) is 0 Å². The lowest BCUT2D eigenvalue weighted by Crippen LogP contribution is -2.57. The fourth-order valence-electron chi connectivity index (χ4n) is 6.19. The van der Waals surface area contributed by atoms with Crippen LogP contribution in [0.15, 0.2) is 29.0 Å². The Hall–Kier alpha value is -1.83. The molecule has 1 unspecified atom stereocenters. The SMILES string of the molecule is Cc1ncnc(C)c1C(=O)N1CCC(N2CCN(C3CCc4ccc(Br)cc43)[C@@H](C)C2)CC1. The Morgan fingerprint density at radius 2 is 1.76 bits per heavy atom. The molecule has 176 valence electrons. The van der Waals surface area contributed by atoms with Crippen molar-refractivity contribution in [2.45, 2.75) is 64.6 Å². The van der Waals surface area contributed by atoms with E-state index < -0.39 is 0 Å². The van der Waals surface area contributed by atoms with Gasteiger partial charge in [-0.15, -0.1) is 0 Å². The first-order chi connectivity index (χ1) is 15.9. The number of fused-ring (bicyclic) bond motifs is 1. The predicted octanol–water partition coefficient (Wildman–Crippen LogP) is 4.15. The number of carbonyl (C=O) groups excluding carboxylic acids is 1. The summed E-state index contributed by atoms with van der Waals surface area (Å²) in [5.74, 6) is 0.0910. The summed E-state index contributed by atoms with van der Waals surface area (Å²) < 4.78 is 1.19. The number of rotatable bonds is 3. The van der Waals surface area contributed by atoms with Crippen LogP contribution in [0.2, 0.25) is 0 Å². The number of nitrogens with zero attached hydrogens (tertiary/aromatic N) is 5. The molecule has 1 aromatic heterocycles. The minimum Gasteiger partial charge on any atom is -0.338 e. The largest absolute Gasteiger partial charge is 0.338 e. The highest BCUT2D eigenvalue weighted by Gasteiger charge is 2.37. The third-order valence-corrected chi connectivity index (χ3v) is 8.47. The van der Waals surface area contributed by atoms with E-state index >= 15 is 0 Å². The van der Waals surface area contributed by atoms with Crippen LogP contribution in [-0.4, -0.2) is 75.4 Å². The standard InChI is InChI=1S/C26H34BrN5O/c1-17-15-31(12-13-32(17)24-7-5-20-4-6-21(27)14-23(20)24)22-8-10-30(11-9-22)26(33)25-18(2)28-16-29-19(25)3/h4,6,14,16-17,22,24H,5,7-13,15H2,1-3H3/t17-,24?/m0/s1. The number of halogens is 1. The Labute approximate surface area is 205 Å². The second kappa shape index (κ2) is 9.43. The second-order valence-electron chi connectivity index (χ2n) is 9.92. The molecule has 0 radical (unpaired) electrons. The van der Waals surface area contributed by atoms with E-state index in [1.165, 1.54) is 34.8 Å². The number of hydrogen-bond acceptors (Lipinski definition) is 5. The number of piperidine rings is 1. The van der Waals surface area contributed by atoms with Crippen LogP contribution < -0.4 is 0 Å². The zero-order valence-corrected chi connectivity index (χ0v) is 21.5. The highest BCUT2D eigenvalue weighted by molar-refractivity contribution is 9.10. The Morgan fingerprint density at radius 3 is 2.45 bits per heavy atom. The third kappa shape index (κ3) is 4.47. The summed E-state index contributed by atoms with van der Waals surface area (Å²) in [6.07, 6.45) is 6.06. The van der Waals surface area contributed by atoms with Gasteiger partial charge >= 0.3 is 0 Å². The fraction of sp³-hybridized carbons (Fsp3) is 0.577. The molecular formula is C26H34BrN5O. The molecule has 0 spiro atoms. The molecule has 0 bridgehead atoms. The summed E-state index contributed by atoms with van der Waals surface area (Å²) >= 11 is 3.67. The Bertz CT molecular complexity index is 1020. The monoisotopic (exact) mass is 511 g/mol. The first-order valence-corrected chi connectivity index (χ1v) is 13.1. The minimum absolute atomic E-state index is 0.0910. The van der Waals surface area contributed by atoms with Gasteiger partial charge in [-0.2, -0.15) is 0 Å². The fourth-order valence-corrected chi connectivity index (χ4v) is 6.56. The maximum absolute atomic E-state index is 13.1. The van der Waals surface area contributed by atoms with Crippen molar-refractivity contribution in [1.82, 2.24) is 24.7 Å². The summed E-state index contributed by atoms with van der Waals surface area (Å²) in [7, 11) is 0. The number of aryl methyl sites for hydroxylation is 3. The Morgan fingerprint density at radius 1 is 1.03 bits per heavy atom. The van der Waals surface area contributed by atoms with Crippen LogP contribution in [-0.2, 0) is 6.42 Å². The van der Waals surface area contributed by atoms with Gasteiger partial charge in [0, 0.05) is 55.3 Å². The number of amides is 1. The molecule has 6 nitrogen and oxygen atoms in total. The van der Waals surface area contributed by atoms with Crippen LogP contribution >= 0.6 is 15.9 Å². The van der Waals surface area contributed by atoms with E-state index in [1.807, 2.05) is 18.7 Å². The molecule has 0 N–H and O–H groups in total. The number of hydrogen-bond donors (Lipinski definition) is 0. The number of aromatic nitrogens is 2. The van der Waals surface area contributed by atoms with Crippen molar-refractivity contribution in [3.8, 4) is 0 Å². The van der Waals surface area contributed by atoms with Crippen molar-refractivity contribution in [2.24, 2.45) is 0 Å². The first kappa shape index (κ1) is 22.9. The van der Waals surface area contributed by atoms with Crippen molar-refractivity contribution in [3.63, 3.8) is 0 Å². The van der Waals surface area contributed by atoms with E-state index in [-0.39, 0.29) is 5.91 Å². The molecule has 2 aliphatic heterocycles. The van der Waals surface area contributed by atoms with Crippen LogP contribution in [0.5, 0.6) is 0 Å². The van der Waals surface area contributed by atoms with E-state index in [4.69, 9.17) is 0 Å². The van der Waals surface area contributed by atoms with Crippen molar-refractivity contribution in [2.75, 3.05) is 32.7 Å². The summed E-state index contributed by atoms with van der Waals surface area (Å²) in [4.78, 5) is 29.0. The van der Waals surface area contributed by atoms with Crippen LogP contribution in [0.1, 0.15) is 65.1 Å². The summed E-state index contributed by atoms with van der Waals surface area (Å²) in [6.45, 7) is 11.2. The summed E-state index contributed by atoms with van der Waals surface area (Å²) in [5.41, 5.74) is 5.28. The molecule has 1 amide bonds. The minimum atomic E-state index is 0.0910. The molecule has 3 heterocycles. The molecule has 2 atom stereocenters. The molecule has 2 fully saturated rings. The van der Waals surface area contributed by atoms with Crippen LogP contribution in [0.25, 0.3) is 0 Å². The second-order valence-corrected chi connectivity index (χ2v) is 10.8. The normalized spacial score (nSPS) is 24.8. The summed E-state index contributed by atoms with van der Waals surface area (Å²) in [5, 5.41) is 0. The van der Waals surface area contributed by atoms with E-state index in [0.29, 0.717) is 23.7 Å². The molecule has 33 heavy (non-hydrogen) atoms. The number of piperazine rings is 1. The van der Waals surface area contributed by atoms with Gasteiger partial charge in [0.1, 0.15) is 6.33 Å². The van der Waals surface area contributed by atoms with E-state index in [2.05, 4.69) is 60.8 Å². The van der Waals surface area contributed by atoms with Crippen LogP contribution in [0, 0.1) is 13.8 Å². The zero-order chi connectivity index (χ0) is 23.1. The molecular weight excluding hydrogens is 478 g/mol. The average Bonchev–Trinajstić information content (AvgIpc) is 3.21. The molecule has 2 aromatic rings. The zero-order valence-electron chi connectivity index (χ0n) is 19.9. The van der Waals surface area contributed by atoms with Crippen molar-refractivity contribution in [3.05, 3.63) is 57.1 Å². The summed E-state index contributed by atoms with van der Waals surface area (Å²) in [6, 6.07) is 8.46. The number of benzene rings is 1. The van der Waals surface area contributed by atoms with Crippen molar-refractivity contribution < 1.29 is 4.79 Å². The van der Waals surface area contributed by atoms with Gasteiger partial charge in [0.2, 0.25) is 0 Å². The Kier molecular flexibility index (Phi) is 6.56. The molecule has 1 aliphatic carbocycles. The lowest BCUT2D eigenvalue weighted by molar-refractivity contribution is 0.0103. The highest BCUT2D eigenvalue weighted by Crippen LogP contribution is 2.39. The van der Waals surface area contributed by atoms with Gasteiger partial charge in [-0.25, -0.2) is 9.97 Å². The van der Waals surface area contributed by atoms with E-state index in [1.54, 1.807) is 0 Å². The molecule has 0 saturated carbocycles. The van der Waals surface area contributed by atoms with Gasteiger partial charge in [0.15, 0.2) is 0 Å². The molecule has 7 heteroatoms. The number of carbonyl (C=O) groups is 1. The number of likely N-dealkylation sites (tertiary alicyclic amines) is 1. The van der Waals surface area contributed by atoms with E-state index in [0.717, 1.165) is 57.0 Å². The maximum Gasteiger partial charge on any atom is 0.257 e. The molecule has 2 saturated heterocycles. The quantitative estimate of drug-likeness (QED) is 0.619.